The van der Waals surface area contributed by atoms with Gasteiger partial charge in [-0.2, -0.15) is 0 Å². The molecule has 86 valence electrons. The van der Waals surface area contributed by atoms with Crippen molar-refractivity contribution >= 4 is 12.1 Å². The number of amides is 1. The molecule has 0 unspecified atom stereocenters. The third-order valence-corrected chi connectivity index (χ3v) is 1.62. The minimum Gasteiger partial charge on any atom is -0.468 e. The normalized spacial score (nSPS) is 9.20. The first kappa shape index (κ1) is 13.5. The van der Waals surface area contributed by atoms with Gasteiger partial charge in [-0.15, -0.1) is 0 Å². The number of hydrogen-bond acceptors (Lipinski definition) is 4. The van der Waals surface area contributed by atoms with Gasteiger partial charge in [0.25, 0.3) is 0 Å². The minimum atomic E-state index is -0.526. The second-order valence-electron chi connectivity index (χ2n) is 2.86. The highest BCUT2D eigenvalue weighted by Crippen LogP contribution is 1.97. The molecule has 0 bridgehead atoms. The van der Waals surface area contributed by atoms with Crippen molar-refractivity contribution in [3.05, 3.63) is 12.7 Å². The van der Waals surface area contributed by atoms with Crippen LogP contribution in [0.5, 0.6) is 0 Å². The Bertz CT molecular complexity index is 227. The highest BCUT2D eigenvalue weighted by atomic mass is 16.6. The van der Waals surface area contributed by atoms with Crippen LogP contribution in [0.2, 0.25) is 0 Å². The number of esters is 1. The van der Waals surface area contributed by atoms with Gasteiger partial charge < -0.3 is 9.47 Å². The van der Waals surface area contributed by atoms with Gasteiger partial charge in [-0.3, -0.25) is 9.69 Å². The van der Waals surface area contributed by atoms with Crippen LogP contribution in [0, 0.1) is 0 Å². The Morgan fingerprint density at radius 3 is 2.60 bits per heavy atom. The van der Waals surface area contributed by atoms with E-state index in [2.05, 4.69) is 11.3 Å². The summed E-state index contributed by atoms with van der Waals surface area (Å²) in [5.74, 6) is -0.459. The molecule has 0 saturated heterocycles. The number of ether oxygens (including phenoxy) is 2. The van der Waals surface area contributed by atoms with Crippen LogP contribution in [0.3, 0.4) is 0 Å². The zero-order chi connectivity index (χ0) is 11.7. The summed E-state index contributed by atoms with van der Waals surface area (Å²) in [7, 11) is 1.28. The zero-order valence-electron chi connectivity index (χ0n) is 9.19. The van der Waals surface area contributed by atoms with Crippen LogP contribution in [0.25, 0.3) is 0 Å². The molecule has 0 aliphatic heterocycles. The largest absolute Gasteiger partial charge is 0.468 e. The van der Waals surface area contributed by atoms with Gasteiger partial charge in [0.05, 0.1) is 7.11 Å². The summed E-state index contributed by atoms with van der Waals surface area (Å²) < 4.78 is 9.29. The van der Waals surface area contributed by atoms with Gasteiger partial charge in [-0.1, -0.05) is 19.6 Å². The highest BCUT2D eigenvalue weighted by molar-refractivity contribution is 5.77. The summed E-state index contributed by atoms with van der Waals surface area (Å²) in [4.78, 5) is 23.7. The first-order valence-electron chi connectivity index (χ1n) is 4.75. The average molecular weight is 215 g/mol. The SMILES string of the molecule is C=CCOC(=O)N(CCC)CC(=O)OC. The minimum absolute atomic E-state index is 0.0830. The topological polar surface area (TPSA) is 55.8 Å². The van der Waals surface area contributed by atoms with E-state index in [1.807, 2.05) is 6.92 Å². The Hall–Kier alpha value is -1.52. The van der Waals surface area contributed by atoms with E-state index in [0.29, 0.717) is 6.54 Å². The van der Waals surface area contributed by atoms with Crippen molar-refractivity contribution in [2.45, 2.75) is 13.3 Å². The van der Waals surface area contributed by atoms with Crippen molar-refractivity contribution in [3.63, 3.8) is 0 Å². The quantitative estimate of drug-likeness (QED) is 0.493. The second-order valence-corrected chi connectivity index (χ2v) is 2.86. The van der Waals surface area contributed by atoms with Crippen molar-refractivity contribution in [1.29, 1.82) is 0 Å². The zero-order valence-corrected chi connectivity index (χ0v) is 9.19. The van der Waals surface area contributed by atoms with Gasteiger partial charge in [-0.05, 0) is 6.42 Å². The van der Waals surface area contributed by atoms with Crippen LogP contribution in [0.1, 0.15) is 13.3 Å². The number of carbonyl (C=O) groups excluding carboxylic acids is 2. The molecule has 0 fully saturated rings. The van der Waals surface area contributed by atoms with Crippen LogP contribution >= 0.6 is 0 Å². The first-order chi connectivity index (χ1) is 7.15. The van der Waals surface area contributed by atoms with Crippen molar-refractivity contribution < 1.29 is 19.1 Å². The van der Waals surface area contributed by atoms with Crippen molar-refractivity contribution in [2.75, 3.05) is 26.8 Å². The van der Waals surface area contributed by atoms with Crippen LogP contribution in [0.15, 0.2) is 12.7 Å². The molecule has 0 saturated carbocycles. The van der Waals surface area contributed by atoms with E-state index >= 15 is 0 Å². The standard InChI is InChI=1S/C10H17NO4/c1-4-6-11(8-9(12)14-3)10(13)15-7-5-2/h5H,2,4,6-8H2,1,3H3. The summed E-state index contributed by atoms with van der Waals surface area (Å²) in [6.07, 6.45) is 1.70. The maximum atomic E-state index is 11.4. The number of carbonyl (C=O) groups is 2. The maximum absolute atomic E-state index is 11.4. The summed E-state index contributed by atoms with van der Waals surface area (Å²) in [5.41, 5.74) is 0. The molecule has 5 heteroatoms. The van der Waals surface area contributed by atoms with Crippen molar-refractivity contribution in [3.8, 4) is 0 Å². The van der Waals surface area contributed by atoms with Crippen LogP contribution in [-0.4, -0.2) is 43.8 Å². The number of methoxy groups -OCH3 is 1. The van der Waals surface area contributed by atoms with Crippen LogP contribution in [0.4, 0.5) is 4.79 Å². The van der Waals surface area contributed by atoms with E-state index in [1.54, 1.807) is 0 Å². The Morgan fingerprint density at radius 1 is 1.47 bits per heavy atom. The maximum Gasteiger partial charge on any atom is 0.410 e. The van der Waals surface area contributed by atoms with Gasteiger partial charge in [0.2, 0.25) is 0 Å². The molecule has 0 aliphatic carbocycles. The molecule has 5 nitrogen and oxygen atoms in total. The average Bonchev–Trinajstić information content (AvgIpc) is 2.24. The Morgan fingerprint density at radius 2 is 2.13 bits per heavy atom. The number of hydrogen-bond donors (Lipinski definition) is 0. The van der Waals surface area contributed by atoms with Gasteiger partial charge in [0.1, 0.15) is 13.2 Å². The Labute approximate surface area is 89.6 Å². The van der Waals surface area contributed by atoms with Gasteiger partial charge in [-0.25, -0.2) is 4.79 Å². The summed E-state index contributed by atoms with van der Waals surface area (Å²) in [5, 5.41) is 0. The third kappa shape index (κ3) is 5.72. The predicted octanol–water partition coefficient (Wildman–Crippen LogP) is 1.19. The molecule has 0 aliphatic rings. The second kappa shape index (κ2) is 7.84. The van der Waals surface area contributed by atoms with Crippen molar-refractivity contribution in [2.24, 2.45) is 0 Å². The lowest BCUT2D eigenvalue weighted by atomic mass is 10.4. The molecule has 0 atom stereocenters. The monoisotopic (exact) mass is 215 g/mol. The van der Waals surface area contributed by atoms with Crippen molar-refractivity contribution in [1.82, 2.24) is 4.90 Å². The van der Waals surface area contributed by atoms with E-state index < -0.39 is 12.1 Å². The lowest BCUT2D eigenvalue weighted by Gasteiger charge is -2.19. The molecule has 1 amide bonds. The molecule has 0 aromatic rings. The lowest BCUT2D eigenvalue weighted by molar-refractivity contribution is -0.141. The van der Waals surface area contributed by atoms with E-state index in [0.717, 1.165) is 6.42 Å². The molecule has 0 N–H and O–H groups in total. The highest BCUT2D eigenvalue weighted by Gasteiger charge is 2.17. The van der Waals surface area contributed by atoms with Crippen LogP contribution < -0.4 is 0 Å². The van der Waals surface area contributed by atoms with E-state index in [9.17, 15) is 9.59 Å². The molecule has 15 heavy (non-hydrogen) atoms. The molecule has 0 rings (SSSR count). The summed E-state index contributed by atoms with van der Waals surface area (Å²) in [6.45, 7) is 5.85. The first-order valence-corrected chi connectivity index (χ1v) is 4.75. The Balaban J connectivity index is 4.17. The Kier molecular flexibility index (Phi) is 7.05. The smallest absolute Gasteiger partial charge is 0.410 e. The predicted molar refractivity (Wildman–Crippen MR) is 55.4 cm³/mol. The summed E-state index contributed by atoms with van der Waals surface area (Å²) >= 11 is 0. The molecular weight excluding hydrogens is 198 g/mol. The molecule has 0 spiro atoms. The molecule has 0 radical (unpaired) electrons. The number of rotatable bonds is 6. The summed E-state index contributed by atoms with van der Waals surface area (Å²) in [6, 6.07) is 0. The molecular formula is C10H17NO4. The molecule has 0 aromatic carbocycles. The fourth-order valence-electron chi connectivity index (χ4n) is 0.947. The fourth-order valence-corrected chi connectivity index (χ4v) is 0.947. The lowest BCUT2D eigenvalue weighted by Crippen LogP contribution is -2.37. The van der Waals surface area contributed by atoms with E-state index in [-0.39, 0.29) is 13.2 Å². The van der Waals surface area contributed by atoms with Gasteiger partial charge >= 0.3 is 12.1 Å². The molecule has 0 heterocycles. The van der Waals surface area contributed by atoms with E-state index in [1.165, 1.54) is 18.1 Å². The van der Waals surface area contributed by atoms with Gasteiger partial charge in [0.15, 0.2) is 0 Å². The van der Waals surface area contributed by atoms with Gasteiger partial charge in [0, 0.05) is 6.54 Å². The molecule has 0 aromatic heterocycles. The van der Waals surface area contributed by atoms with Crippen LogP contribution in [-0.2, 0) is 14.3 Å². The number of nitrogens with zero attached hydrogens (tertiary/aromatic N) is 1. The van der Waals surface area contributed by atoms with E-state index in [4.69, 9.17) is 4.74 Å². The third-order valence-electron chi connectivity index (χ3n) is 1.62. The fraction of sp³-hybridized carbons (Fsp3) is 0.600.